The van der Waals surface area contributed by atoms with E-state index in [1.807, 2.05) is 31.2 Å². The zero-order valence-electron chi connectivity index (χ0n) is 10.5. The van der Waals surface area contributed by atoms with Gasteiger partial charge >= 0.3 is 0 Å². The van der Waals surface area contributed by atoms with E-state index in [0.717, 1.165) is 12.3 Å². The molecule has 94 valence electrons. The molecule has 1 aromatic rings. The van der Waals surface area contributed by atoms with E-state index in [1.54, 1.807) is 0 Å². The van der Waals surface area contributed by atoms with Crippen molar-refractivity contribution in [3.8, 4) is 5.75 Å². The van der Waals surface area contributed by atoms with Crippen LogP contribution in [0.3, 0.4) is 0 Å². The Kier molecular flexibility index (Phi) is 4.40. The second kappa shape index (κ2) is 6.03. The molecular formula is C14H22NO2+. The van der Waals surface area contributed by atoms with Gasteiger partial charge in [-0.2, -0.15) is 0 Å². The topological polar surface area (TPSA) is 33.9 Å². The van der Waals surface area contributed by atoms with Crippen LogP contribution in [-0.4, -0.2) is 37.5 Å². The molecule has 0 radical (unpaired) electrons. The molecule has 0 spiro atoms. The summed E-state index contributed by atoms with van der Waals surface area (Å²) >= 11 is 0. The summed E-state index contributed by atoms with van der Waals surface area (Å²) in [6.07, 6.45) is 2.23. The minimum absolute atomic E-state index is 0.358. The van der Waals surface area contributed by atoms with Gasteiger partial charge in [-0.1, -0.05) is 12.1 Å². The Labute approximate surface area is 103 Å². The molecule has 2 rings (SSSR count). The van der Waals surface area contributed by atoms with Gasteiger partial charge in [0.25, 0.3) is 0 Å². The van der Waals surface area contributed by atoms with Gasteiger partial charge in [0.2, 0.25) is 0 Å². The summed E-state index contributed by atoms with van der Waals surface area (Å²) in [4.78, 5) is 1.50. The number of rotatable bonds is 5. The Morgan fingerprint density at radius 1 is 1.35 bits per heavy atom. The van der Waals surface area contributed by atoms with Gasteiger partial charge in [0.15, 0.2) is 0 Å². The zero-order valence-corrected chi connectivity index (χ0v) is 10.5. The van der Waals surface area contributed by atoms with E-state index in [0.29, 0.717) is 6.61 Å². The van der Waals surface area contributed by atoms with Crippen molar-refractivity contribution < 1.29 is 14.7 Å². The molecule has 17 heavy (non-hydrogen) atoms. The van der Waals surface area contributed by atoms with Gasteiger partial charge in [-0.15, -0.1) is 0 Å². The summed E-state index contributed by atoms with van der Waals surface area (Å²) in [6.45, 7) is 5.64. The lowest BCUT2D eigenvalue weighted by molar-refractivity contribution is -0.890. The predicted octanol–water partition coefficient (Wildman–Crippen LogP) is 0.413. The van der Waals surface area contributed by atoms with Crippen LogP contribution in [0.4, 0.5) is 0 Å². The fraction of sp³-hybridized carbons (Fsp3) is 0.571. The minimum atomic E-state index is -0.358. The Morgan fingerprint density at radius 2 is 2.12 bits per heavy atom. The highest BCUT2D eigenvalue weighted by Crippen LogP contribution is 2.12. The molecule has 0 aromatic heterocycles. The summed E-state index contributed by atoms with van der Waals surface area (Å²) in [5, 5.41) is 9.89. The number of quaternary nitrogens is 1. The Morgan fingerprint density at radius 3 is 2.82 bits per heavy atom. The number of ether oxygens (including phenoxy) is 1. The third kappa shape index (κ3) is 4.02. The number of benzene rings is 1. The molecule has 0 bridgehead atoms. The van der Waals surface area contributed by atoms with Crippen LogP contribution in [0.15, 0.2) is 24.3 Å². The first-order valence-corrected chi connectivity index (χ1v) is 6.45. The standard InChI is InChI=1S/C14H21NO2/c1-12-5-4-6-14(9-12)17-11-13(16)10-15-7-2-3-8-15/h4-6,9,13,16H,2-3,7-8,10-11H2,1H3/p+1/t13-/m0/s1. The molecule has 0 unspecified atom stereocenters. The number of aliphatic hydroxyl groups is 1. The van der Waals surface area contributed by atoms with Crippen molar-refractivity contribution in [2.24, 2.45) is 0 Å². The molecule has 1 aromatic carbocycles. The van der Waals surface area contributed by atoms with Crippen LogP contribution < -0.4 is 9.64 Å². The number of nitrogens with one attached hydrogen (secondary N) is 1. The SMILES string of the molecule is Cc1cccc(OC[C@@H](O)C[NH+]2CCCC2)c1. The Balaban J connectivity index is 1.73. The van der Waals surface area contributed by atoms with Gasteiger partial charge in [-0.25, -0.2) is 0 Å². The molecule has 3 nitrogen and oxygen atoms in total. The lowest BCUT2D eigenvalue weighted by Gasteiger charge is -2.17. The minimum Gasteiger partial charge on any atom is -0.491 e. The molecule has 0 saturated carbocycles. The van der Waals surface area contributed by atoms with Gasteiger partial charge in [0, 0.05) is 12.8 Å². The summed E-state index contributed by atoms with van der Waals surface area (Å²) in [7, 11) is 0. The summed E-state index contributed by atoms with van der Waals surface area (Å²) in [5.41, 5.74) is 1.18. The highest BCUT2D eigenvalue weighted by Gasteiger charge is 2.19. The molecule has 2 N–H and O–H groups in total. The van der Waals surface area contributed by atoms with Crippen molar-refractivity contribution in [1.29, 1.82) is 0 Å². The van der Waals surface area contributed by atoms with Gasteiger partial charge in [0.1, 0.15) is 25.0 Å². The van der Waals surface area contributed by atoms with E-state index in [2.05, 4.69) is 0 Å². The lowest BCUT2D eigenvalue weighted by Crippen LogP contribution is -3.11. The van der Waals surface area contributed by atoms with E-state index in [1.165, 1.54) is 36.4 Å². The molecule has 1 heterocycles. The fourth-order valence-electron chi connectivity index (χ4n) is 2.37. The van der Waals surface area contributed by atoms with Crippen molar-refractivity contribution in [3.63, 3.8) is 0 Å². The molecule has 1 aliphatic heterocycles. The van der Waals surface area contributed by atoms with Crippen molar-refractivity contribution in [3.05, 3.63) is 29.8 Å². The van der Waals surface area contributed by atoms with E-state index >= 15 is 0 Å². The van der Waals surface area contributed by atoms with E-state index < -0.39 is 0 Å². The van der Waals surface area contributed by atoms with Crippen LogP contribution in [0.5, 0.6) is 5.75 Å². The second-order valence-electron chi connectivity index (χ2n) is 4.94. The molecule has 0 amide bonds. The quantitative estimate of drug-likeness (QED) is 0.776. The Hall–Kier alpha value is -1.06. The van der Waals surface area contributed by atoms with Gasteiger partial charge < -0.3 is 14.7 Å². The number of hydrogen-bond donors (Lipinski definition) is 2. The summed E-state index contributed by atoms with van der Waals surface area (Å²) in [6, 6.07) is 7.94. The first-order chi connectivity index (χ1) is 8.24. The fourth-order valence-corrected chi connectivity index (χ4v) is 2.37. The number of likely N-dealkylation sites (tertiary alicyclic amines) is 1. The van der Waals surface area contributed by atoms with Crippen molar-refractivity contribution >= 4 is 0 Å². The van der Waals surface area contributed by atoms with Crippen LogP contribution >= 0.6 is 0 Å². The monoisotopic (exact) mass is 236 g/mol. The third-order valence-corrected chi connectivity index (χ3v) is 3.27. The number of hydrogen-bond acceptors (Lipinski definition) is 2. The number of aryl methyl sites for hydroxylation is 1. The normalized spacial score (nSPS) is 18.2. The van der Waals surface area contributed by atoms with Gasteiger partial charge in [-0.3, -0.25) is 0 Å². The second-order valence-corrected chi connectivity index (χ2v) is 4.94. The smallest absolute Gasteiger partial charge is 0.137 e. The molecule has 1 fully saturated rings. The molecule has 3 heteroatoms. The average molecular weight is 236 g/mol. The molecule has 1 saturated heterocycles. The zero-order chi connectivity index (χ0) is 12.1. The first kappa shape index (κ1) is 12.4. The predicted molar refractivity (Wildman–Crippen MR) is 67.5 cm³/mol. The van der Waals surface area contributed by atoms with Gasteiger partial charge in [0.05, 0.1) is 13.1 Å². The molecule has 0 aliphatic carbocycles. The van der Waals surface area contributed by atoms with Crippen molar-refractivity contribution in [1.82, 2.24) is 0 Å². The van der Waals surface area contributed by atoms with Crippen LogP contribution in [0.25, 0.3) is 0 Å². The molecule has 1 aliphatic rings. The first-order valence-electron chi connectivity index (χ1n) is 6.45. The maximum Gasteiger partial charge on any atom is 0.137 e. The number of aliphatic hydroxyl groups excluding tert-OH is 1. The van der Waals surface area contributed by atoms with E-state index in [-0.39, 0.29) is 6.10 Å². The maximum absolute atomic E-state index is 9.89. The van der Waals surface area contributed by atoms with Gasteiger partial charge in [-0.05, 0) is 24.6 Å². The van der Waals surface area contributed by atoms with Crippen LogP contribution in [0.2, 0.25) is 0 Å². The average Bonchev–Trinajstić information content (AvgIpc) is 2.79. The Bertz CT molecular complexity index is 348. The highest BCUT2D eigenvalue weighted by molar-refractivity contribution is 5.27. The maximum atomic E-state index is 9.89. The lowest BCUT2D eigenvalue weighted by atomic mass is 10.2. The molecular weight excluding hydrogens is 214 g/mol. The van der Waals surface area contributed by atoms with Crippen LogP contribution in [0, 0.1) is 6.92 Å². The van der Waals surface area contributed by atoms with Crippen LogP contribution in [-0.2, 0) is 0 Å². The van der Waals surface area contributed by atoms with E-state index in [9.17, 15) is 5.11 Å². The summed E-state index contributed by atoms with van der Waals surface area (Å²) in [5.74, 6) is 0.848. The summed E-state index contributed by atoms with van der Waals surface area (Å²) < 4.78 is 5.60. The highest BCUT2D eigenvalue weighted by atomic mass is 16.5. The third-order valence-electron chi connectivity index (χ3n) is 3.27. The van der Waals surface area contributed by atoms with Crippen LogP contribution in [0.1, 0.15) is 18.4 Å². The molecule has 1 atom stereocenters. The largest absolute Gasteiger partial charge is 0.491 e. The van der Waals surface area contributed by atoms with Crippen molar-refractivity contribution in [2.75, 3.05) is 26.2 Å². The van der Waals surface area contributed by atoms with Crippen molar-refractivity contribution in [2.45, 2.75) is 25.9 Å². The van der Waals surface area contributed by atoms with E-state index in [4.69, 9.17) is 4.74 Å².